The zero-order valence-corrected chi connectivity index (χ0v) is 15.6. The predicted molar refractivity (Wildman–Crippen MR) is 103 cm³/mol. The van der Waals surface area contributed by atoms with E-state index in [0.717, 1.165) is 56.6 Å². The first-order valence-electron chi connectivity index (χ1n) is 9.53. The van der Waals surface area contributed by atoms with Crippen molar-refractivity contribution in [2.75, 3.05) is 39.9 Å². The molecule has 1 aromatic rings. The summed E-state index contributed by atoms with van der Waals surface area (Å²) >= 11 is 0. The van der Waals surface area contributed by atoms with E-state index in [1.165, 1.54) is 13.0 Å². The molecule has 2 N–H and O–H groups in total. The summed E-state index contributed by atoms with van der Waals surface area (Å²) in [5.74, 6) is 1.57. The summed E-state index contributed by atoms with van der Waals surface area (Å²) < 4.78 is 5.48. The molecule has 26 heavy (non-hydrogen) atoms. The van der Waals surface area contributed by atoms with Gasteiger partial charge in [-0.1, -0.05) is 12.1 Å². The Hall–Kier alpha value is -2.10. The fraction of sp³-hybridized carbons (Fsp3) is 0.600. The van der Waals surface area contributed by atoms with E-state index in [1.54, 1.807) is 0 Å². The molecule has 0 aliphatic carbocycles. The second-order valence-electron chi connectivity index (χ2n) is 7.18. The van der Waals surface area contributed by atoms with Crippen LogP contribution in [0.3, 0.4) is 0 Å². The highest BCUT2D eigenvalue weighted by atomic mass is 16.5. The van der Waals surface area contributed by atoms with E-state index in [4.69, 9.17) is 10.00 Å². The topological polar surface area (TPSA) is 72.7 Å². The third-order valence-corrected chi connectivity index (χ3v) is 5.24. The molecule has 3 rings (SSSR count). The zero-order chi connectivity index (χ0) is 18.2. The van der Waals surface area contributed by atoms with Crippen LogP contribution in [0.15, 0.2) is 29.3 Å². The number of nitriles is 1. The third kappa shape index (κ3) is 5.45. The second-order valence-corrected chi connectivity index (χ2v) is 7.18. The fourth-order valence-corrected chi connectivity index (χ4v) is 3.62. The molecule has 1 atom stereocenters. The number of nitrogens with zero attached hydrogens (tertiary/aromatic N) is 3. The molecule has 0 bridgehead atoms. The van der Waals surface area contributed by atoms with Crippen molar-refractivity contribution in [1.82, 2.24) is 15.5 Å². The van der Waals surface area contributed by atoms with Crippen LogP contribution in [-0.4, -0.2) is 56.8 Å². The summed E-state index contributed by atoms with van der Waals surface area (Å²) in [5, 5.41) is 15.8. The number of likely N-dealkylation sites (tertiary alicyclic amines) is 1. The maximum absolute atomic E-state index is 8.86. The van der Waals surface area contributed by atoms with Gasteiger partial charge in [0.25, 0.3) is 0 Å². The average molecular weight is 355 g/mol. The lowest BCUT2D eigenvalue weighted by molar-refractivity contribution is 0.150. The molecule has 0 aromatic heterocycles. The maximum atomic E-state index is 8.86. The molecule has 2 heterocycles. The molecule has 0 amide bonds. The van der Waals surface area contributed by atoms with Crippen LogP contribution in [-0.2, 0) is 11.3 Å². The summed E-state index contributed by atoms with van der Waals surface area (Å²) in [7, 11) is 1.81. The van der Waals surface area contributed by atoms with E-state index >= 15 is 0 Å². The highest BCUT2D eigenvalue weighted by Crippen LogP contribution is 2.17. The van der Waals surface area contributed by atoms with Crippen molar-refractivity contribution in [3.8, 4) is 6.07 Å². The Balaban J connectivity index is 1.39. The van der Waals surface area contributed by atoms with Crippen molar-refractivity contribution in [1.29, 1.82) is 5.26 Å². The molecule has 0 saturated carbocycles. The van der Waals surface area contributed by atoms with E-state index in [0.29, 0.717) is 18.2 Å². The first kappa shape index (κ1) is 18.7. The molecular formula is C20H29N5O. The van der Waals surface area contributed by atoms with Crippen molar-refractivity contribution >= 4 is 5.96 Å². The van der Waals surface area contributed by atoms with Gasteiger partial charge in [-0.15, -0.1) is 0 Å². The summed E-state index contributed by atoms with van der Waals surface area (Å²) in [6, 6.07) is 10.3. The molecule has 0 spiro atoms. The van der Waals surface area contributed by atoms with Crippen LogP contribution < -0.4 is 10.6 Å². The molecule has 6 nitrogen and oxygen atoms in total. The van der Waals surface area contributed by atoms with Crippen LogP contribution in [0, 0.1) is 17.2 Å². The van der Waals surface area contributed by atoms with Crippen LogP contribution in [0.2, 0.25) is 0 Å². The lowest BCUT2D eigenvalue weighted by atomic mass is 10.0. The van der Waals surface area contributed by atoms with Gasteiger partial charge in [-0.2, -0.15) is 5.26 Å². The Labute approximate surface area is 156 Å². The SMILES string of the molecule is CN=C(NCc1ccc(C#N)cc1)NC1CCN(CC2CCOC2)CC1. The van der Waals surface area contributed by atoms with E-state index in [-0.39, 0.29) is 0 Å². The quantitative estimate of drug-likeness (QED) is 0.622. The first-order chi connectivity index (χ1) is 12.8. The molecule has 2 aliphatic heterocycles. The third-order valence-electron chi connectivity index (χ3n) is 5.24. The molecule has 2 saturated heterocycles. The highest BCUT2D eigenvalue weighted by Gasteiger charge is 2.24. The number of guanidine groups is 1. The molecule has 2 fully saturated rings. The van der Waals surface area contributed by atoms with Crippen LogP contribution in [0.1, 0.15) is 30.4 Å². The molecule has 1 unspecified atom stereocenters. The average Bonchev–Trinajstić information content (AvgIpc) is 3.20. The van der Waals surface area contributed by atoms with Crippen molar-refractivity contribution in [3.05, 3.63) is 35.4 Å². The molecule has 1 aromatic carbocycles. The van der Waals surface area contributed by atoms with Gasteiger partial charge in [0.1, 0.15) is 0 Å². The Bertz CT molecular complexity index is 623. The summed E-state index contributed by atoms with van der Waals surface area (Å²) in [6.45, 7) is 6.03. The summed E-state index contributed by atoms with van der Waals surface area (Å²) in [5.41, 5.74) is 1.83. The molecule has 0 radical (unpaired) electrons. The molecular weight excluding hydrogens is 326 g/mol. The van der Waals surface area contributed by atoms with Crippen LogP contribution >= 0.6 is 0 Å². The van der Waals surface area contributed by atoms with Crippen LogP contribution in [0.4, 0.5) is 0 Å². The van der Waals surface area contributed by atoms with Crippen LogP contribution in [0.25, 0.3) is 0 Å². The van der Waals surface area contributed by atoms with Gasteiger partial charge < -0.3 is 20.3 Å². The molecule has 140 valence electrons. The van der Waals surface area contributed by atoms with Gasteiger partial charge in [0.05, 0.1) is 18.2 Å². The number of rotatable bonds is 5. The standard InChI is InChI=1S/C20H29N5O/c1-22-20(23-13-17-4-2-16(12-21)3-5-17)24-19-6-9-25(10-7-19)14-18-8-11-26-15-18/h2-5,18-19H,6-11,13-15H2,1H3,(H2,22,23,24). The molecule has 6 heteroatoms. The first-order valence-corrected chi connectivity index (χ1v) is 9.53. The van der Waals surface area contributed by atoms with Crippen molar-refractivity contribution in [2.24, 2.45) is 10.9 Å². The Morgan fingerprint density at radius 3 is 2.65 bits per heavy atom. The van der Waals surface area contributed by atoms with E-state index < -0.39 is 0 Å². The summed E-state index contributed by atoms with van der Waals surface area (Å²) in [4.78, 5) is 6.92. The van der Waals surface area contributed by atoms with E-state index in [2.05, 4.69) is 26.6 Å². The van der Waals surface area contributed by atoms with Gasteiger partial charge in [0, 0.05) is 45.9 Å². The number of hydrogen-bond donors (Lipinski definition) is 2. The van der Waals surface area contributed by atoms with Gasteiger partial charge in [-0.25, -0.2) is 0 Å². The smallest absolute Gasteiger partial charge is 0.191 e. The second kappa shape index (κ2) is 9.56. The Kier molecular flexibility index (Phi) is 6.87. The predicted octanol–water partition coefficient (Wildman–Crippen LogP) is 1.72. The van der Waals surface area contributed by atoms with Gasteiger partial charge >= 0.3 is 0 Å². The van der Waals surface area contributed by atoms with E-state index in [9.17, 15) is 0 Å². The van der Waals surface area contributed by atoms with Crippen molar-refractivity contribution in [2.45, 2.75) is 31.8 Å². The minimum Gasteiger partial charge on any atom is -0.381 e. The monoisotopic (exact) mass is 355 g/mol. The van der Waals surface area contributed by atoms with Gasteiger partial charge in [0.15, 0.2) is 5.96 Å². The number of nitrogens with one attached hydrogen (secondary N) is 2. The van der Waals surface area contributed by atoms with Crippen molar-refractivity contribution in [3.63, 3.8) is 0 Å². The Morgan fingerprint density at radius 2 is 2.04 bits per heavy atom. The number of ether oxygens (including phenoxy) is 1. The molecule has 2 aliphatic rings. The number of piperidine rings is 1. The zero-order valence-electron chi connectivity index (χ0n) is 15.6. The minimum absolute atomic E-state index is 0.471. The van der Waals surface area contributed by atoms with Gasteiger partial charge in [0.2, 0.25) is 0 Å². The van der Waals surface area contributed by atoms with Crippen LogP contribution in [0.5, 0.6) is 0 Å². The van der Waals surface area contributed by atoms with Gasteiger partial charge in [-0.3, -0.25) is 4.99 Å². The normalized spacial score (nSPS) is 22.2. The lowest BCUT2D eigenvalue weighted by Crippen LogP contribution is -2.49. The maximum Gasteiger partial charge on any atom is 0.191 e. The minimum atomic E-state index is 0.471. The van der Waals surface area contributed by atoms with Gasteiger partial charge in [-0.05, 0) is 42.9 Å². The Morgan fingerprint density at radius 1 is 1.27 bits per heavy atom. The van der Waals surface area contributed by atoms with E-state index in [1.807, 2.05) is 31.3 Å². The number of aliphatic imine (C=N–C) groups is 1. The number of hydrogen-bond acceptors (Lipinski definition) is 4. The largest absolute Gasteiger partial charge is 0.381 e. The fourth-order valence-electron chi connectivity index (χ4n) is 3.62. The highest BCUT2D eigenvalue weighted by molar-refractivity contribution is 5.79. The summed E-state index contributed by atoms with van der Waals surface area (Å²) in [6.07, 6.45) is 3.50. The number of benzene rings is 1. The lowest BCUT2D eigenvalue weighted by Gasteiger charge is -2.34. The van der Waals surface area contributed by atoms with Crippen molar-refractivity contribution < 1.29 is 4.74 Å².